The normalized spacial score (nSPS) is 9.50. The summed E-state index contributed by atoms with van der Waals surface area (Å²) in [7, 11) is 4.03. The van der Waals surface area contributed by atoms with Gasteiger partial charge in [0.25, 0.3) is 0 Å². The summed E-state index contributed by atoms with van der Waals surface area (Å²) in [6.45, 7) is 0. The molecule has 66 valence electrons. The molecule has 0 bridgehead atoms. The van der Waals surface area contributed by atoms with Crippen LogP contribution in [0.25, 0.3) is 6.08 Å². The van der Waals surface area contributed by atoms with Crippen LogP contribution in [0.4, 0.5) is 0 Å². The molecule has 0 aromatic heterocycles. The van der Waals surface area contributed by atoms with Gasteiger partial charge in [0.1, 0.15) is 0 Å². The van der Waals surface area contributed by atoms with Crippen molar-refractivity contribution in [2.75, 3.05) is 14.1 Å². The molecule has 0 saturated heterocycles. The number of rotatable bonds is 2. The van der Waals surface area contributed by atoms with E-state index in [1.807, 2.05) is 43.4 Å². The van der Waals surface area contributed by atoms with Gasteiger partial charge in [-0.25, -0.2) is 0 Å². The first kappa shape index (κ1) is 10.7. The lowest BCUT2D eigenvalue weighted by atomic mass is 10.2. The van der Waals surface area contributed by atoms with Crippen molar-refractivity contribution in [1.29, 1.82) is 0 Å². The fourth-order valence-electron chi connectivity index (χ4n) is 0.799. The number of nitrogens with zero attached hydrogens (tertiary/aromatic N) is 1. The summed E-state index contributed by atoms with van der Waals surface area (Å²) in [4.78, 5) is 2.02. The van der Waals surface area contributed by atoms with Crippen LogP contribution in [0.3, 0.4) is 0 Å². The second-order valence-corrected chi connectivity index (χ2v) is 2.69. The molecule has 0 atom stereocenters. The van der Waals surface area contributed by atoms with Gasteiger partial charge in [-0.05, 0) is 17.8 Å². The van der Waals surface area contributed by atoms with Gasteiger partial charge in [0.2, 0.25) is 0 Å². The van der Waals surface area contributed by atoms with E-state index in [0.717, 1.165) is 0 Å². The Balaban J connectivity index is 0.00000121. The highest BCUT2D eigenvalue weighted by Gasteiger charge is 1.81. The molecular weight excluding hydrogens is 150 g/mol. The zero-order valence-corrected chi connectivity index (χ0v) is 7.49. The smallest absolute Gasteiger partial charge is 0.00556 e. The van der Waals surface area contributed by atoms with E-state index in [1.54, 1.807) is 0 Å². The van der Waals surface area contributed by atoms with E-state index >= 15 is 0 Å². The fraction of sp³-hybridized carbons (Fsp3) is 0.200. The van der Waals surface area contributed by atoms with Gasteiger partial charge in [0, 0.05) is 14.1 Å². The second kappa shape index (κ2) is 5.38. The molecule has 0 spiro atoms. The number of hydrogen-bond donors (Lipinski definition) is 0. The third kappa shape index (κ3) is 3.78. The molecule has 0 aliphatic rings. The highest BCUT2D eigenvalue weighted by atomic mass is 16.0. The third-order valence-corrected chi connectivity index (χ3v) is 1.36. The predicted molar refractivity (Wildman–Crippen MR) is 52.8 cm³/mol. The molecular formula is C10H15NO. The lowest BCUT2D eigenvalue weighted by Crippen LogP contribution is -1.99. The zero-order chi connectivity index (χ0) is 8.10. The van der Waals surface area contributed by atoms with Gasteiger partial charge in [-0.3, -0.25) is 0 Å². The van der Waals surface area contributed by atoms with Crippen LogP contribution in [0.1, 0.15) is 5.56 Å². The monoisotopic (exact) mass is 165 g/mol. The Morgan fingerprint density at radius 1 is 1.08 bits per heavy atom. The molecule has 0 fully saturated rings. The first-order chi connectivity index (χ1) is 5.29. The molecule has 1 rings (SSSR count). The van der Waals surface area contributed by atoms with Gasteiger partial charge in [-0.15, -0.1) is 0 Å². The first-order valence-electron chi connectivity index (χ1n) is 3.69. The summed E-state index contributed by atoms with van der Waals surface area (Å²) in [5.41, 5.74) is 1.24. The van der Waals surface area contributed by atoms with E-state index in [0.29, 0.717) is 0 Å². The Bertz CT molecular complexity index is 229. The Hall–Kier alpha value is -1.28. The summed E-state index contributed by atoms with van der Waals surface area (Å²) in [5, 5.41) is 0. The minimum absolute atomic E-state index is 0. The van der Waals surface area contributed by atoms with Gasteiger partial charge < -0.3 is 10.4 Å². The van der Waals surface area contributed by atoms with Gasteiger partial charge in [-0.2, -0.15) is 0 Å². The SMILES string of the molecule is CN(C)C=Cc1ccccc1.O. The maximum absolute atomic E-state index is 2.08. The minimum atomic E-state index is 0. The number of hydrogen-bond acceptors (Lipinski definition) is 1. The van der Waals surface area contributed by atoms with Gasteiger partial charge in [0.15, 0.2) is 0 Å². The highest BCUT2D eigenvalue weighted by Crippen LogP contribution is 2.00. The lowest BCUT2D eigenvalue weighted by molar-refractivity contribution is 0.567. The molecule has 0 saturated carbocycles. The van der Waals surface area contributed by atoms with E-state index in [1.165, 1.54) is 5.56 Å². The zero-order valence-electron chi connectivity index (χ0n) is 7.49. The topological polar surface area (TPSA) is 34.7 Å². The van der Waals surface area contributed by atoms with Crippen molar-refractivity contribution in [3.05, 3.63) is 42.1 Å². The van der Waals surface area contributed by atoms with Gasteiger partial charge >= 0.3 is 0 Å². The van der Waals surface area contributed by atoms with Crippen molar-refractivity contribution in [3.8, 4) is 0 Å². The van der Waals surface area contributed by atoms with Crippen LogP contribution in [-0.4, -0.2) is 24.5 Å². The molecule has 0 radical (unpaired) electrons. The molecule has 0 heterocycles. The third-order valence-electron chi connectivity index (χ3n) is 1.36. The molecule has 1 aromatic rings. The van der Waals surface area contributed by atoms with Gasteiger partial charge in [-0.1, -0.05) is 30.3 Å². The molecule has 1 aromatic carbocycles. The van der Waals surface area contributed by atoms with Crippen molar-refractivity contribution in [2.45, 2.75) is 0 Å². The molecule has 0 aliphatic heterocycles. The van der Waals surface area contributed by atoms with Crippen molar-refractivity contribution in [3.63, 3.8) is 0 Å². The summed E-state index contributed by atoms with van der Waals surface area (Å²) < 4.78 is 0. The lowest BCUT2D eigenvalue weighted by Gasteiger charge is -2.02. The highest BCUT2D eigenvalue weighted by molar-refractivity contribution is 5.48. The fourth-order valence-corrected chi connectivity index (χ4v) is 0.799. The molecule has 0 aliphatic carbocycles. The van der Waals surface area contributed by atoms with Crippen LogP contribution >= 0.6 is 0 Å². The van der Waals surface area contributed by atoms with Crippen LogP contribution in [-0.2, 0) is 0 Å². The van der Waals surface area contributed by atoms with E-state index in [-0.39, 0.29) is 5.48 Å². The molecule has 0 amide bonds. The first-order valence-corrected chi connectivity index (χ1v) is 3.69. The van der Waals surface area contributed by atoms with Gasteiger partial charge in [0.05, 0.1) is 0 Å². The summed E-state index contributed by atoms with van der Waals surface area (Å²) in [6.07, 6.45) is 4.12. The van der Waals surface area contributed by atoms with E-state index in [4.69, 9.17) is 0 Å². The van der Waals surface area contributed by atoms with Crippen LogP contribution in [0.2, 0.25) is 0 Å². The maximum Gasteiger partial charge on any atom is 0.00556 e. The molecule has 2 nitrogen and oxygen atoms in total. The van der Waals surface area contributed by atoms with Crippen molar-refractivity contribution < 1.29 is 5.48 Å². The molecule has 2 N–H and O–H groups in total. The van der Waals surface area contributed by atoms with Crippen molar-refractivity contribution in [1.82, 2.24) is 4.90 Å². The van der Waals surface area contributed by atoms with Crippen molar-refractivity contribution >= 4 is 6.08 Å². The Kier molecular flexibility index (Phi) is 4.81. The average Bonchev–Trinajstić information content (AvgIpc) is 2.03. The summed E-state index contributed by atoms with van der Waals surface area (Å²) in [6, 6.07) is 10.3. The Labute approximate surface area is 73.4 Å². The quantitative estimate of drug-likeness (QED) is 0.652. The largest absolute Gasteiger partial charge is 0.412 e. The molecule has 0 unspecified atom stereocenters. The van der Waals surface area contributed by atoms with E-state index in [2.05, 4.69) is 18.2 Å². The minimum Gasteiger partial charge on any atom is -0.412 e. The Morgan fingerprint density at radius 2 is 1.67 bits per heavy atom. The van der Waals surface area contributed by atoms with Crippen LogP contribution < -0.4 is 0 Å². The van der Waals surface area contributed by atoms with Crippen LogP contribution in [0.15, 0.2) is 36.5 Å². The van der Waals surface area contributed by atoms with Crippen LogP contribution in [0.5, 0.6) is 0 Å². The maximum atomic E-state index is 2.08. The Morgan fingerprint density at radius 3 is 2.17 bits per heavy atom. The van der Waals surface area contributed by atoms with E-state index < -0.39 is 0 Å². The average molecular weight is 165 g/mol. The van der Waals surface area contributed by atoms with E-state index in [9.17, 15) is 0 Å². The van der Waals surface area contributed by atoms with Crippen molar-refractivity contribution in [2.24, 2.45) is 0 Å². The summed E-state index contributed by atoms with van der Waals surface area (Å²) >= 11 is 0. The molecule has 2 heteroatoms. The standard InChI is InChI=1S/C10H13N.H2O/c1-11(2)9-8-10-6-4-3-5-7-10;/h3-9H,1-2H3;1H2. The molecule has 12 heavy (non-hydrogen) atoms. The predicted octanol–water partition coefficient (Wildman–Crippen LogP) is 1.39. The number of benzene rings is 1. The van der Waals surface area contributed by atoms with Crippen LogP contribution in [0, 0.1) is 0 Å². The summed E-state index contributed by atoms with van der Waals surface area (Å²) in [5.74, 6) is 0. The second-order valence-electron chi connectivity index (χ2n) is 2.69.